The van der Waals surface area contributed by atoms with E-state index in [-0.39, 0.29) is 11.7 Å². The first-order valence-electron chi connectivity index (χ1n) is 6.01. The number of nitrogens with one attached hydrogen (secondary N) is 2. The summed E-state index contributed by atoms with van der Waals surface area (Å²) in [5.74, 6) is -0.698. The van der Waals surface area contributed by atoms with E-state index >= 15 is 0 Å². The van der Waals surface area contributed by atoms with E-state index in [2.05, 4.69) is 10.6 Å². The molecule has 1 saturated carbocycles. The quantitative estimate of drug-likeness (QED) is 0.639. The van der Waals surface area contributed by atoms with Gasteiger partial charge in [0.25, 0.3) is 0 Å². The average molecular weight is 252 g/mol. The Morgan fingerprint density at radius 3 is 2.78 bits per heavy atom. The van der Waals surface area contributed by atoms with Crippen molar-refractivity contribution < 1.29 is 19.1 Å². The van der Waals surface area contributed by atoms with Gasteiger partial charge in [-0.3, -0.25) is 4.79 Å². The molecular weight excluding hydrogens is 236 g/mol. The van der Waals surface area contributed by atoms with Gasteiger partial charge in [-0.1, -0.05) is 0 Å². The summed E-state index contributed by atoms with van der Waals surface area (Å²) in [6.45, 7) is 0.574. The normalized spacial score (nSPS) is 14.2. The largest absolute Gasteiger partial charge is 0.475 e. The highest BCUT2D eigenvalue weighted by Crippen LogP contribution is 2.18. The number of hydrogen-bond acceptors (Lipinski definition) is 4. The highest BCUT2D eigenvalue weighted by atomic mass is 16.4. The minimum Gasteiger partial charge on any atom is -0.475 e. The van der Waals surface area contributed by atoms with Gasteiger partial charge in [0.05, 0.1) is 0 Å². The zero-order valence-corrected chi connectivity index (χ0v) is 9.94. The van der Waals surface area contributed by atoms with Crippen LogP contribution in [0.15, 0.2) is 16.5 Å². The van der Waals surface area contributed by atoms with E-state index in [1.54, 1.807) is 6.07 Å². The Morgan fingerprint density at radius 1 is 1.39 bits per heavy atom. The molecule has 1 fully saturated rings. The molecule has 0 radical (unpaired) electrons. The molecule has 1 amide bonds. The van der Waals surface area contributed by atoms with E-state index in [0.717, 1.165) is 12.8 Å². The minimum atomic E-state index is -1.09. The van der Waals surface area contributed by atoms with Gasteiger partial charge in [-0.2, -0.15) is 0 Å². The van der Waals surface area contributed by atoms with Crippen LogP contribution in [-0.2, 0) is 4.79 Å². The molecule has 1 aromatic rings. The van der Waals surface area contributed by atoms with Gasteiger partial charge in [0.15, 0.2) is 5.88 Å². The molecule has 0 unspecified atom stereocenters. The van der Waals surface area contributed by atoms with Gasteiger partial charge in [-0.25, -0.2) is 4.79 Å². The molecule has 0 saturated heterocycles. The number of carbonyl (C=O) groups excluding carboxylic acids is 1. The zero-order chi connectivity index (χ0) is 13.0. The molecule has 0 aliphatic heterocycles. The highest BCUT2D eigenvalue weighted by molar-refractivity contribution is 5.84. The zero-order valence-electron chi connectivity index (χ0n) is 9.94. The summed E-state index contributed by atoms with van der Waals surface area (Å²) in [5.41, 5.74) is 0. The fourth-order valence-corrected chi connectivity index (χ4v) is 1.54. The molecule has 0 aromatic carbocycles. The smallest absolute Gasteiger partial charge is 0.371 e. The molecule has 18 heavy (non-hydrogen) atoms. The number of hydrogen-bond donors (Lipinski definition) is 3. The number of aromatic carboxylic acids is 1. The number of carboxylic acid groups (broad SMARTS) is 1. The molecule has 6 heteroatoms. The summed E-state index contributed by atoms with van der Waals surface area (Å²) in [5, 5.41) is 14.5. The SMILES string of the molecule is O=C(CCCNc1ccc(C(=O)O)o1)NC1CC1. The van der Waals surface area contributed by atoms with E-state index in [1.807, 2.05) is 0 Å². The van der Waals surface area contributed by atoms with Crippen LogP contribution in [0.3, 0.4) is 0 Å². The van der Waals surface area contributed by atoms with Crippen LogP contribution in [0.1, 0.15) is 36.2 Å². The molecule has 0 bridgehead atoms. The number of carboxylic acids is 1. The number of anilines is 1. The van der Waals surface area contributed by atoms with Gasteiger partial charge >= 0.3 is 5.97 Å². The van der Waals surface area contributed by atoms with Crippen molar-refractivity contribution in [2.75, 3.05) is 11.9 Å². The van der Waals surface area contributed by atoms with E-state index in [1.165, 1.54) is 6.07 Å². The lowest BCUT2D eigenvalue weighted by Gasteiger charge is -2.04. The van der Waals surface area contributed by atoms with Gasteiger partial charge in [0.1, 0.15) is 0 Å². The fraction of sp³-hybridized carbons (Fsp3) is 0.500. The number of furan rings is 1. The fourth-order valence-electron chi connectivity index (χ4n) is 1.54. The van der Waals surface area contributed by atoms with Gasteiger partial charge in [0, 0.05) is 25.1 Å². The topological polar surface area (TPSA) is 91.6 Å². The summed E-state index contributed by atoms with van der Waals surface area (Å²) >= 11 is 0. The Kier molecular flexibility index (Phi) is 3.86. The predicted octanol–water partition coefficient (Wildman–Crippen LogP) is 1.45. The maximum absolute atomic E-state index is 11.4. The van der Waals surface area contributed by atoms with Crippen LogP contribution in [0.2, 0.25) is 0 Å². The van der Waals surface area contributed by atoms with Crippen molar-refractivity contribution in [2.24, 2.45) is 0 Å². The van der Waals surface area contributed by atoms with Crippen molar-refractivity contribution in [3.63, 3.8) is 0 Å². The average Bonchev–Trinajstić information content (AvgIpc) is 2.99. The first-order chi connectivity index (χ1) is 8.65. The first kappa shape index (κ1) is 12.5. The number of carbonyl (C=O) groups is 2. The van der Waals surface area contributed by atoms with E-state index in [4.69, 9.17) is 9.52 Å². The van der Waals surface area contributed by atoms with Crippen molar-refractivity contribution >= 4 is 17.8 Å². The molecule has 2 rings (SSSR count). The Bertz CT molecular complexity index is 437. The van der Waals surface area contributed by atoms with Crippen LogP contribution in [0.25, 0.3) is 0 Å². The second kappa shape index (κ2) is 5.57. The van der Waals surface area contributed by atoms with Crippen LogP contribution in [0.4, 0.5) is 5.88 Å². The van der Waals surface area contributed by atoms with Crippen LogP contribution in [0, 0.1) is 0 Å². The van der Waals surface area contributed by atoms with Crippen LogP contribution >= 0.6 is 0 Å². The van der Waals surface area contributed by atoms with E-state index in [9.17, 15) is 9.59 Å². The molecular formula is C12H16N2O4. The van der Waals surface area contributed by atoms with E-state index < -0.39 is 5.97 Å². The molecule has 1 heterocycles. The standard InChI is InChI=1S/C12H16N2O4/c15-10(14-8-3-4-8)2-1-7-13-11-6-5-9(18-11)12(16)17/h5-6,8,13H,1-4,7H2,(H,14,15)(H,16,17). The molecule has 1 aromatic heterocycles. The molecule has 98 valence electrons. The van der Waals surface area contributed by atoms with Gasteiger partial charge in [-0.05, 0) is 25.3 Å². The molecule has 0 spiro atoms. The van der Waals surface area contributed by atoms with Crippen LogP contribution < -0.4 is 10.6 Å². The van der Waals surface area contributed by atoms with Gasteiger partial charge in [-0.15, -0.1) is 0 Å². The lowest BCUT2D eigenvalue weighted by atomic mass is 10.3. The molecule has 1 aliphatic rings. The Balaban J connectivity index is 1.61. The van der Waals surface area contributed by atoms with Crippen molar-refractivity contribution in [1.82, 2.24) is 5.32 Å². The summed E-state index contributed by atoms with van der Waals surface area (Å²) in [4.78, 5) is 21.9. The number of amides is 1. The minimum absolute atomic E-state index is 0.0740. The summed E-state index contributed by atoms with van der Waals surface area (Å²) in [6.07, 6.45) is 3.33. The van der Waals surface area contributed by atoms with Crippen LogP contribution in [0.5, 0.6) is 0 Å². The molecule has 3 N–H and O–H groups in total. The van der Waals surface area contributed by atoms with Crippen molar-refractivity contribution in [2.45, 2.75) is 31.7 Å². The lowest BCUT2D eigenvalue weighted by Crippen LogP contribution is -2.25. The van der Waals surface area contributed by atoms with Crippen LogP contribution in [-0.4, -0.2) is 29.6 Å². The summed E-state index contributed by atoms with van der Waals surface area (Å²) in [6, 6.07) is 3.35. The Labute approximate surface area is 104 Å². The molecule has 1 aliphatic carbocycles. The maximum atomic E-state index is 11.4. The number of rotatable bonds is 7. The highest BCUT2D eigenvalue weighted by Gasteiger charge is 2.22. The van der Waals surface area contributed by atoms with Crippen molar-refractivity contribution in [3.05, 3.63) is 17.9 Å². The third-order valence-electron chi connectivity index (χ3n) is 2.64. The van der Waals surface area contributed by atoms with Crippen molar-refractivity contribution in [3.8, 4) is 0 Å². The lowest BCUT2D eigenvalue weighted by molar-refractivity contribution is -0.121. The third kappa shape index (κ3) is 3.80. The maximum Gasteiger partial charge on any atom is 0.371 e. The van der Waals surface area contributed by atoms with E-state index in [0.29, 0.717) is 31.3 Å². The Hall–Kier alpha value is -1.98. The third-order valence-corrected chi connectivity index (χ3v) is 2.64. The van der Waals surface area contributed by atoms with Gasteiger partial charge in [0.2, 0.25) is 11.7 Å². The Morgan fingerprint density at radius 2 is 2.17 bits per heavy atom. The second-order valence-corrected chi connectivity index (χ2v) is 4.34. The van der Waals surface area contributed by atoms with Crippen molar-refractivity contribution in [1.29, 1.82) is 0 Å². The predicted molar refractivity (Wildman–Crippen MR) is 64.6 cm³/mol. The molecule has 6 nitrogen and oxygen atoms in total. The summed E-state index contributed by atoms with van der Waals surface area (Å²) < 4.78 is 5.02. The second-order valence-electron chi connectivity index (χ2n) is 4.34. The first-order valence-corrected chi connectivity index (χ1v) is 6.01. The molecule has 0 atom stereocenters. The monoisotopic (exact) mass is 252 g/mol. The van der Waals surface area contributed by atoms with Gasteiger partial charge < -0.3 is 20.2 Å². The summed E-state index contributed by atoms with van der Waals surface area (Å²) in [7, 11) is 0.